The summed E-state index contributed by atoms with van der Waals surface area (Å²) < 4.78 is 39.9. The van der Waals surface area contributed by atoms with Crippen LogP contribution in [0.3, 0.4) is 0 Å². The van der Waals surface area contributed by atoms with Crippen LogP contribution in [-0.2, 0) is 29.2 Å². The van der Waals surface area contributed by atoms with Crippen molar-refractivity contribution in [2.24, 2.45) is 0 Å². The summed E-state index contributed by atoms with van der Waals surface area (Å²) in [4.78, 5) is 48.3. The number of rotatable bonds is 13. The molecular weight excluding hydrogens is 538 g/mol. The van der Waals surface area contributed by atoms with Gasteiger partial charge in [-0.25, -0.2) is 4.79 Å². The van der Waals surface area contributed by atoms with Crippen molar-refractivity contribution >= 4 is 39.4 Å². The lowest BCUT2D eigenvalue weighted by Gasteiger charge is -2.09. The summed E-state index contributed by atoms with van der Waals surface area (Å²) in [5.41, 5.74) is 1.89. The second-order valence-corrected chi connectivity index (χ2v) is 10.3. The average Bonchev–Trinajstić information content (AvgIpc) is 2.94. The monoisotopic (exact) mass is 567 g/mol. The molecule has 3 rings (SSSR count). The Morgan fingerprint density at radius 3 is 2.02 bits per heavy atom. The summed E-state index contributed by atoms with van der Waals surface area (Å²) in [6, 6.07) is 17.7. The number of benzene rings is 3. The molecule has 0 aliphatic heterocycles. The Morgan fingerprint density at radius 1 is 0.775 bits per heavy atom. The van der Waals surface area contributed by atoms with Gasteiger partial charge in [0.25, 0.3) is 0 Å². The molecule has 0 saturated carbocycles. The maximum Gasteiger partial charge on any atom is 0.339 e. The summed E-state index contributed by atoms with van der Waals surface area (Å²) in [7, 11) is -4.03. The zero-order chi connectivity index (χ0) is 29.1. The molecule has 0 radical (unpaired) electrons. The molecule has 0 saturated heterocycles. The molecule has 40 heavy (non-hydrogen) atoms. The van der Waals surface area contributed by atoms with E-state index < -0.39 is 40.4 Å². The molecule has 3 aromatic rings. The third-order valence-corrected chi connectivity index (χ3v) is 6.72. The highest BCUT2D eigenvalue weighted by Gasteiger charge is 2.17. The second kappa shape index (κ2) is 14.0. The van der Waals surface area contributed by atoms with Crippen molar-refractivity contribution in [3.63, 3.8) is 0 Å². The van der Waals surface area contributed by atoms with Crippen molar-refractivity contribution in [1.29, 1.82) is 0 Å². The number of ketones is 1. The van der Waals surface area contributed by atoms with Crippen molar-refractivity contribution in [2.75, 3.05) is 18.5 Å². The molecule has 0 heterocycles. The topological polar surface area (TPSA) is 142 Å². The first-order valence-electron chi connectivity index (χ1n) is 12.4. The molecule has 0 atom stereocenters. The van der Waals surface area contributed by atoms with Crippen molar-refractivity contribution < 1.29 is 41.3 Å². The van der Waals surface area contributed by atoms with Gasteiger partial charge in [-0.15, -0.1) is 0 Å². The van der Waals surface area contributed by atoms with Gasteiger partial charge in [0.05, 0.1) is 18.6 Å². The number of amides is 1. The Labute approximate surface area is 232 Å². The van der Waals surface area contributed by atoms with Gasteiger partial charge in [0.15, 0.2) is 12.4 Å². The van der Waals surface area contributed by atoms with E-state index in [2.05, 4.69) is 5.32 Å². The molecule has 210 valence electrons. The Kier molecular flexibility index (Phi) is 10.5. The van der Waals surface area contributed by atoms with Crippen LogP contribution >= 0.6 is 0 Å². The summed E-state index contributed by atoms with van der Waals surface area (Å²) in [6.07, 6.45) is 0.293. The van der Waals surface area contributed by atoms with Crippen LogP contribution < -0.4 is 9.50 Å². The van der Waals surface area contributed by atoms with Crippen LogP contribution in [0.2, 0.25) is 0 Å². The number of hydrogen-bond donors (Lipinski definition) is 1. The summed E-state index contributed by atoms with van der Waals surface area (Å²) >= 11 is 0. The first kappa shape index (κ1) is 30.0. The van der Waals surface area contributed by atoms with Crippen LogP contribution in [0.15, 0.2) is 77.7 Å². The lowest BCUT2D eigenvalue weighted by Crippen LogP contribution is -2.17. The maximum atomic E-state index is 12.4. The van der Waals surface area contributed by atoms with Gasteiger partial charge in [0, 0.05) is 17.7 Å². The Morgan fingerprint density at radius 2 is 1.40 bits per heavy atom. The fraction of sp³-hybridized carbons (Fsp3) is 0.241. The van der Waals surface area contributed by atoms with Gasteiger partial charge in [-0.05, 0) is 74.0 Å². The van der Waals surface area contributed by atoms with Crippen molar-refractivity contribution in [3.05, 3.63) is 89.5 Å². The molecule has 0 unspecified atom stereocenters. The number of esters is 2. The van der Waals surface area contributed by atoms with E-state index in [0.29, 0.717) is 24.3 Å². The van der Waals surface area contributed by atoms with E-state index in [-0.39, 0.29) is 29.1 Å². The summed E-state index contributed by atoms with van der Waals surface area (Å²) in [6.45, 7) is 3.50. The Hall–Kier alpha value is -4.51. The minimum Gasteiger partial charge on any atom is -0.462 e. The third kappa shape index (κ3) is 9.05. The van der Waals surface area contributed by atoms with E-state index in [1.807, 2.05) is 13.8 Å². The van der Waals surface area contributed by atoms with Gasteiger partial charge in [0.2, 0.25) is 5.91 Å². The van der Waals surface area contributed by atoms with Gasteiger partial charge in [-0.2, -0.15) is 8.42 Å². The number of aryl methyl sites for hydroxylation is 1. The van der Waals surface area contributed by atoms with Gasteiger partial charge in [-0.1, -0.05) is 24.6 Å². The van der Waals surface area contributed by atoms with Gasteiger partial charge >= 0.3 is 22.1 Å². The predicted octanol–water partition coefficient (Wildman–Crippen LogP) is 4.47. The molecule has 0 bridgehead atoms. The fourth-order valence-corrected chi connectivity index (χ4v) is 4.21. The number of anilines is 1. The van der Waals surface area contributed by atoms with E-state index in [0.717, 1.165) is 5.56 Å². The highest BCUT2D eigenvalue weighted by Crippen LogP contribution is 2.20. The van der Waals surface area contributed by atoms with Crippen LogP contribution in [0.25, 0.3) is 0 Å². The minimum absolute atomic E-state index is 0.00106. The molecule has 11 heteroatoms. The van der Waals surface area contributed by atoms with Crippen LogP contribution in [-0.4, -0.2) is 45.3 Å². The molecule has 1 N–H and O–H groups in total. The van der Waals surface area contributed by atoms with E-state index in [9.17, 15) is 27.6 Å². The average molecular weight is 568 g/mol. The predicted molar refractivity (Wildman–Crippen MR) is 146 cm³/mol. The van der Waals surface area contributed by atoms with E-state index >= 15 is 0 Å². The van der Waals surface area contributed by atoms with E-state index in [1.54, 1.807) is 24.3 Å². The summed E-state index contributed by atoms with van der Waals surface area (Å²) in [5.74, 6) is -2.12. The smallest absolute Gasteiger partial charge is 0.339 e. The first-order chi connectivity index (χ1) is 19.1. The van der Waals surface area contributed by atoms with Crippen LogP contribution in [0.5, 0.6) is 5.75 Å². The molecule has 0 aromatic heterocycles. The standard InChI is InChI=1S/C29H29NO9S/c1-3-18-37-29(34)22-6-10-23(11-7-22)30-27(32)16-17-28(33)38-19-26(31)21-8-12-24(13-9-21)39-40(35,36)25-14-4-20(2)5-15-25/h4-15H,3,16-19H2,1-2H3,(H,30,32). The molecule has 0 spiro atoms. The fourth-order valence-electron chi connectivity index (χ4n) is 3.28. The zero-order valence-corrected chi connectivity index (χ0v) is 22.9. The maximum absolute atomic E-state index is 12.4. The van der Waals surface area contributed by atoms with Gasteiger partial charge < -0.3 is 19.0 Å². The molecule has 0 fully saturated rings. The molecule has 0 aliphatic rings. The number of hydrogen-bond acceptors (Lipinski definition) is 9. The Bertz CT molecular complexity index is 1450. The number of nitrogens with one attached hydrogen (secondary N) is 1. The van der Waals surface area contributed by atoms with Gasteiger partial charge in [-0.3, -0.25) is 14.4 Å². The molecule has 3 aromatic carbocycles. The number of ether oxygens (including phenoxy) is 2. The zero-order valence-electron chi connectivity index (χ0n) is 22.0. The molecular formula is C29H29NO9S. The Balaban J connectivity index is 1.41. The quantitative estimate of drug-likeness (QED) is 0.180. The highest BCUT2D eigenvalue weighted by molar-refractivity contribution is 7.87. The van der Waals surface area contributed by atoms with Crippen molar-refractivity contribution in [1.82, 2.24) is 0 Å². The second-order valence-electron chi connectivity index (χ2n) is 8.72. The lowest BCUT2D eigenvalue weighted by molar-refractivity contribution is -0.143. The third-order valence-electron chi connectivity index (χ3n) is 5.45. The molecule has 0 aliphatic carbocycles. The van der Waals surface area contributed by atoms with Crippen molar-refractivity contribution in [3.8, 4) is 5.75 Å². The lowest BCUT2D eigenvalue weighted by atomic mass is 10.1. The molecule has 1 amide bonds. The molecule has 10 nitrogen and oxygen atoms in total. The normalized spacial score (nSPS) is 10.8. The van der Waals surface area contributed by atoms with E-state index in [4.69, 9.17) is 13.7 Å². The van der Waals surface area contributed by atoms with Crippen LogP contribution in [0, 0.1) is 6.92 Å². The van der Waals surface area contributed by atoms with E-state index in [1.165, 1.54) is 48.5 Å². The number of carbonyl (C=O) groups is 4. The van der Waals surface area contributed by atoms with Gasteiger partial charge in [0.1, 0.15) is 10.6 Å². The van der Waals surface area contributed by atoms with Crippen molar-refractivity contribution in [2.45, 2.75) is 38.0 Å². The largest absolute Gasteiger partial charge is 0.462 e. The number of carbonyl (C=O) groups excluding carboxylic acids is 4. The first-order valence-corrected chi connectivity index (χ1v) is 13.9. The highest BCUT2D eigenvalue weighted by atomic mass is 32.2. The number of Topliss-reactive ketones (excluding diaryl/α,β-unsaturated/α-hetero) is 1. The minimum atomic E-state index is -4.03. The van der Waals surface area contributed by atoms with Crippen LogP contribution in [0.4, 0.5) is 5.69 Å². The SMILES string of the molecule is CCCOC(=O)c1ccc(NC(=O)CCC(=O)OCC(=O)c2ccc(OS(=O)(=O)c3ccc(C)cc3)cc2)cc1. The summed E-state index contributed by atoms with van der Waals surface area (Å²) in [5, 5.41) is 2.61. The van der Waals surface area contributed by atoms with Crippen LogP contribution in [0.1, 0.15) is 52.5 Å².